The van der Waals surface area contributed by atoms with Gasteiger partial charge in [0.2, 0.25) is 0 Å². The van der Waals surface area contributed by atoms with Crippen molar-refractivity contribution in [3.05, 3.63) is 56.6 Å². The Kier molecular flexibility index (Phi) is 5.25. The van der Waals surface area contributed by atoms with Gasteiger partial charge in [-0.2, -0.15) is 0 Å². The van der Waals surface area contributed by atoms with Gasteiger partial charge < -0.3 is 15.4 Å². The molecule has 0 aliphatic heterocycles. The third-order valence-corrected chi connectivity index (χ3v) is 3.56. The van der Waals surface area contributed by atoms with Gasteiger partial charge in [-0.25, -0.2) is 4.79 Å². The number of halogens is 2. The Bertz CT molecular complexity index is 768. The second-order valence-electron chi connectivity index (χ2n) is 4.35. The van der Waals surface area contributed by atoms with E-state index in [0.717, 1.165) is 0 Å². The van der Waals surface area contributed by atoms with E-state index in [2.05, 4.69) is 10.6 Å². The van der Waals surface area contributed by atoms with Crippen molar-refractivity contribution < 1.29 is 14.5 Å². The molecule has 9 heteroatoms. The number of benzene rings is 2. The van der Waals surface area contributed by atoms with Crippen LogP contribution in [0.2, 0.25) is 10.0 Å². The molecule has 2 rings (SSSR count). The first-order valence-corrected chi connectivity index (χ1v) is 7.02. The number of methoxy groups -OCH3 is 1. The van der Waals surface area contributed by atoms with E-state index in [1.165, 1.54) is 31.4 Å². The number of nitrogens with zero attached hydrogens (tertiary/aromatic N) is 1. The molecule has 2 aromatic rings. The van der Waals surface area contributed by atoms with E-state index < -0.39 is 11.0 Å². The number of amides is 2. The molecule has 0 fully saturated rings. The van der Waals surface area contributed by atoms with Crippen LogP contribution < -0.4 is 15.4 Å². The van der Waals surface area contributed by atoms with Crippen molar-refractivity contribution in [3.8, 4) is 5.75 Å². The van der Waals surface area contributed by atoms with Crippen molar-refractivity contribution in [1.29, 1.82) is 0 Å². The number of nitrogens with one attached hydrogen (secondary N) is 2. The van der Waals surface area contributed by atoms with Crippen LogP contribution in [0.3, 0.4) is 0 Å². The van der Waals surface area contributed by atoms with E-state index in [1.807, 2.05) is 0 Å². The molecule has 120 valence electrons. The third-order valence-electron chi connectivity index (χ3n) is 2.82. The lowest BCUT2D eigenvalue weighted by molar-refractivity contribution is -0.384. The standard InChI is InChI=1S/C14H11Cl2N3O4/c1-23-13-7-9(19(21)22)3-5-12(13)18-14(20)17-8-2-4-10(15)11(16)6-8/h2-7H,1H3,(H2,17,18,20). The van der Waals surface area contributed by atoms with Crippen molar-refractivity contribution in [2.45, 2.75) is 0 Å². The molecular formula is C14H11Cl2N3O4. The smallest absolute Gasteiger partial charge is 0.323 e. The SMILES string of the molecule is COc1cc([N+](=O)[O-])ccc1NC(=O)Nc1ccc(Cl)c(Cl)c1. The topological polar surface area (TPSA) is 93.5 Å². The minimum absolute atomic E-state index is 0.141. The van der Waals surface area contributed by atoms with Crippen LogP contribution in [0.1, 0.15) is 0 Å². The van der Waals surface area contributed by atoms with Gasteiger partial charge in [0.25, 0.3) is 5.69 Å². The van der Waals surface area contributed by atoms with Crippen molar-refractivity contribution in [3.63, 3.8) is 0 Å². The number of hydrogen-bond acceptors (Lipinski definition) is 4. The number of urea groups is 1. The Hall–Kier alpha value is -2.51. The highest BCUT2D eigenvalue weighted by Gasteiger charge is 2.13. The van der Waals surface area contributed by atoms with Gasteiger partial charge in [0.05, 0.1) is 33.8 Å². The molecule has 7 nitrogen and oxygen atoms in total. The molecule has 2 amide bonds. The molecular weight excluding hydrogens is 345 g/mol. The fraction of sp³-hybridized carbons (Fsp3) is 0.0714. The first kappa shape index (κ1) is 16.9. The van der Waals surface area contributed by atoms with Gasteiger partial charge in [-0.3, -0.25) is 10.1 Å². The van der Waals surface area contributed by atoms with Crippen molar-refractivity contribution in [1.82, 2.24) is 0 Å². The van der Waals surface area contributed by atoms with Gasteiger partial charge in [0.15, 0.2) is 0 Å². The summed E-state index contributed by atoms with van der Waals surface area (Å²) in [4.78, 5) is 22.2. The maximum absolute atomic E-state index is 12.0. The van der Waals surface area contributed by atoms with E-state index in [1.54, 1.807) is 12.1 Å². The second-order valence-corrected chi connectivity index (χ2v) is 5.16. The van der Waals surface area contributed by atoms with Gasteiger partial charge in [-0.05, 0) is 24.3 Å². The summed E-state index contributed by atoms with van der Waals surface area (Å²) in [6.07, 6.45) is 0. The van der Waals surface area contributed by atoms with E-state index in [0.29, 0.717) is 15.7 Å². The molecule has 23 heavy (non-hydrogen) atoms. The maximum atomic E-state index is 12.0. The number of non-ortho nitro benzene ring substituents is 1. The molecule has 0 aromatic heterocycles. The van der Waals surface area contributed by atoms with Gasteiger partial charge in [0.1, 0.15) is 5.75 Å². The Morgan fingerprint density at radius 2 is 1.87 bits per heavy atom. The summed E-state index contributed by atoms with van der Waals surface area (Å²) in [5, 5.41) is 16.5. The summed E-state index contributed by atoms with van der Waals surface area (Å²) in [6, 6.07) is 7.93. The van der Waals surface area contributed by atoms with Crippen LogP contribution in [0.5, 0.6) is 5.75 Å². The molecule has 0 saturated carbocycles. The summed E-state index contributed by atoms with van der Waals surface area (Å²) in [7, 11) is 1.35. The number of carbonyl (C=O) groups is 1. The van der Waals surface area contributed by atoms with Gasteiger partial charge in [-0.15, -0.1) is 0 Å². The highest BCUT2D eigenvalue weighted by molar-refractivity contribution is 6.42. The Morgan fingerprint density at radius 1 is 1.13 bits per heavy atom. The zero-order chi connectivity index (χ0) is 17.0. The highest BCUT2D eigenvalue weighted by atomic mass is 35.5. The van der Waals surface area contributed by atoms with Crippen LogP contribution in [-0.4, -0.2) is 18.1 Å². The van der Waals surface area contributed by atoms with Gasteiger partial charge in [-0.1, -0.05) is 23.2 Å². The monoisotopic (exact) mass is 355 g/mol. The highest BCUT2D eigenvalue weighted by Crippen LogP contribution is 2.29. The number of rotatable bonds is 4. The Balaban J connectivity index is 2.13. The summed E-state index contributed by atoms with van der Waals surface area (Å²) in [6.45, 7) is 0. The predicted molar refractivity (Wildman–Crippen MR) is 88.8 cm³/mol. The number of hydrogen-bond donors (Lipinski definition) is 2. The Labute approximate surface area is 141 Å². The lowest BCUT2D eigenvalue weighted by atomic mass is 10.2. The third kappa shape index (κ3) is 4.24. The largest absolute Gasteiger partial charge is 0.494 e. The summed E-state index contributed by atoms with van der Waals surface area (Å²) < 4.78 is 5.04. The minimum atomic E-state index is -0.560. The van der Waals surface area contributed by atoms with Gasteiger partial charge >= 0.3 is 6.03 Å². The molecule has 0 unspecified atom stereocenters. The van der Waals surface area contributed by atoms with Crippen molar-refractivity contribution in [2.24, 2.45) is 0 Å². The van der Waals surface area contributed by atoms with E-state index in [4.69, 9.17) is 27.9 Å². The average Bonchev–Trinajstić information content (AvgIpc) is 2.51. The Morgan fingerprint density at radius 3 is 2.48 bits per heavy atom. The first-order valence-electron chi connectivity index (χ1n) is 6.26. The molecule has 0 spiro atoms. The summed E-state index contributed by atoms with van der Waals surface area (Å²) >= 11 is 11.7. The summed E-state index contributed by atoms with van der Waals surface area (Å²) in [5.74, 6) is 0.170. The summed E-state index contributed by atoms with van der Waals surface area (Å²) in [5.41, 5.74) is 0.589. The molecule has 0 bridgehead atoms. The number of nitro benzene ring substituents is 1. The quantitative estimate of drug-likeness (QED) is 0.621. The van der Waals surface area contributed by atoms with E-state index in [-0.39, 0.29) is 17.1 Å². The van der Waals surface area contributed by atoms with Crippen molar-refractivity contribution in [2.75, 3.05) is 17.7 Å². The van der Waals surface area contributed by atoms with Crippen LogP contribution in [0.4, 0.5) is 21.9 Å². The van der Waals surface area contributed by atoms with Crippen LogP contribution in [-0.2, 0) is 0 Å². The molecule has 0 aliphatic rings. The average molecular weight is 356 g/mol. The zero-order valence-electron chi connectivity index (χ0n) is 11.8. The molecule has 0 saturated heterocycles. The lowest BCUT2D eigenvalue weighted by Gasteiger charge is -2.11. The molecule has 2 N–H and O–H groups in total. The van der Waals surface area contributed by atoms with Crippen LogP contribution in [0.15, 0.2) is 36.4 Å². The minimum Gasteiger partial charge on any atom is -0.494 e. The van der Waals surface area contributed by atoms with Crippen LogP contribution in [0, 0.1) is 10.1 Å². The molecule has 0 aliphatic carbocycles. The number of nitro groups is 1. The molecule has 0 heterocycles. The molecule has 0 radical (unpaired) electrons. The number of ether oxygens (including phenoxy) is 1. The van der Waals surface area contributed by atoms with E-state index >= 15 is 0 Å². The second kappa shape index (κ2) is 7.17. The molecule has 2 aromatic carbocycles. The lowest BCUT2D eigenvalue weighted by Crippen LogP contribution is -2.19. The van der Waals surface area contributed by atoms with Crippen molar-refractivity contribution >= 4 is 46.3 Å². The first-order chi connectivity index (χ1) is 10.9. The fourth-order valence-electron chi connectivity index (χ4n) is 1.76. The normalized spacial score (nSPS) is 10.0. The number of carbonyl (C=O) groups excluding carboxylic acids is 1. The molecule has 0 atom stereocenters. The van der Waals surface area contributed by atoms with Crippen LogP contribution >= 0.6 is 23.2 Å². The number of anilines is 2. The van der Waals surface area contributed by atoms with E-state index in [9.17, 15) is 14.9 Å². The predicted octanol–water partition coefficient (Wildman–Crippen LogP) is 4.55. The van der Waals surface area contributed by atoms with Crippen LogP contribution in [0.25, 0.3) is 0 Å². The zero-order valence-corrected chi connectivity index (χ0v) is 13.3. The fourth-order valence-corrected chi connectivity index (χ4v) is 2.05. The maximum Gasteiger partial charge on any atom is 0.323 e. The van der Waals surface area contributed by atoms with Gasteiger partial charge in [0, 0.05) is 11.8 Å².